The molecule has 16 heavy (non-hydrogen) atoms. The summed E-state index contributed by atoms with van der Waals surface area (Å²) in [7, 11) is -3.53. The summed E-state index contributed by atoms with van der Waals surface area (Å²) in [5.74, 6) is 0.172. The quantitative estimate of drug-likeness (QED) is 0.474. The molecule has 0 aliphatic carbocycles. The summed E-state index contributed by atoms with van der Waals surface area (Å²) >= 11 is 5.48. The van der Waals surface area contributed by atoms with E-state index in [1.807, 2.05) is 0 Å². The highest BCUT2D eigenvalue weighted by molar-refractivity contribution is 7.88. The number of aliphatic imine (C=N–C) groups is 1. The molecule has 0 saturated heterocycles. The molecular formula is C9H12ClN3O2S. The fourth-order valence-corrected chi connectivity index (χ4v) is 1.85. The number of benzene rings is 1. The second-order valence-electron chi connectivity index (χ2n) is 3.21. The number of primary sulfonamides is 1. The van der Waals surface area contributed by atoms with Gasteiger partial charge in [0.05, 0.1) is 17.3 Å². The van der Waals surface area contributed by atoms with E-state index in [1.54, 1.807) is 24.3 Å². The number of alkyl halides is 1. The number of nitrogens with zero attached hydrogens (tertiary/aromatic N) is 1. The summed E-state index contributed by atoms with van der Waals surface area (Å²) in [6.45, 7) is 0. The van der Waals surface area contributed by atoms with Gasteiger partial charge in [-0.1, -0.05) is 12.1 Å². The molecule has 1 aromatic carbocycles. The summed E-state index contributed by atoms with van der Waals surface area (Å²) in [4.78, 5) is 4.00. The summed E-state index contributed by atoms with van der Waals surface area (Å²) < 4.78 is 21.8. The number of rotatable bonds is 4. The SMILES string of the molecule is NC(CCl)=Nc1cccc(CS(N)(=O)=O)c1. The molecule has 0 fully saturated rings. The van der Waals surface area contributed by atoms with Gasteiger partial charge in [0.2, 0.25) is 10.0 Å². The van der Waals surface area contributed by atoms with Crippen molar-refractivity contribution in [3.05, 3.63) is 29.8 Å². The third-order valence-corrected chi connectivity index (χ3v) is 2.70. The minimum absolute atomic E-state index is 0.124. The number of hydrogen-bond acceptors (Lipinski definition) is 3. The van der Waals surface area contributed by atoms with E-state index in [2.05, 4.69) is 4.99 Å². The standard InChI is InChI=1S/C9H12ClN3O2S/c10-5-9(11)13-8-3-1-2-7(4-8)6-16(12,14)15/h1-4H,5-6H2,(H2,11,13)(H2,12,14,15). The van der Waals surface area contributed by atoms with Crippen LogP contribution >= 0.6 is 11.6 Å². The molecular weight excluding hydrogens is 250 g/mol. The lowest BCUT2D eigenvalue weighted by Gasteiger charge is -2.01. The fraction of sp³-hybridized carbons (Fsp3) is 0.222. The topological polar surface area (TPSA) is 98.5 Å². The maximum atomic E-state index is 10.9. The van der Waals surface area contributed by atoms with Crippen molar-refractivity contribution in [1.82, 2.24) is 0 Å². The summed E-state index contributed by atoms with van der Waals surface area (Å²) in [5.41, 5.74) is 6.57. The van der Waals surface area contributed by atoms with Crippen molar-refractivity contribution >= 4 is 33.1 Å². The maximum absolute atomic E-state index is 10.9. The minimum Gasteiger partial charge on any atom is -0.386 e. The normalized spacial score (nSPS) is 12.8. The molecule has 0 amide bonds. The van der Waals surface area contributed by atoms with Gasteiger partial charge in [0.25, 0.3) is 0 Å². The summed E-state index contributed by atoms with van der Waals surface area (Å²) in [6.07, 6.45) is 0. The Balaban J connectivity index is 2.96. The molecule has 0 spiro atoms. The van der Waals surface area contributed by atoms with E-state index >= 15 is 0 Å². The van der Waals surface area contributed by atoms with Gasteiger partial charge in [-0.05, 0) is 17.7 Å². The zero-order valence-corrected chi connectivity index (χ0v) is 10.0. The Kier molecular flexibility index (Phi) is 4.28. The lowest BCUT2D eigenvalue weighted by atomic mass is 10.2. The van der Waals surface area contributed by atoms with Crippen LogP contribution in [-0.2, 0) is 15.8 Å². The number of halogens is 1. The Morgan fingerprint density at radius 3 is 2.69 bits per heavy atom. The van der Waals surface area contributed by atoms with Crippen LogP contribution in [0.4, 0.5) is 5.69 Å². The number of sulfonamides is 1. The number of amidine groups is 1. The van der Waals surface area contributed by atoms with Crippen LogP contribution in [0.15, 0.2) is 29.3 Å². The second-order valence-corrected chi connectivity index (χ2v) is 5.10. The molecule has 0 aliphatic heterocycles. The first-order valence-corrected chi connectivity index (χ1v) is 6.64. The molecule has 0 aliphatic rings. The van der Waals surface area contributed by atoms with E-state index in [4.69, 9.17) is 22.5 Å². The van der Waals surface area contributed by atoms with Crippen molar-refractivity contribution in [3.8, 4) is 0 Å². The molecule has 0 unspecified atom stereocenters. The van der Waals surface area contributed by atoms with Gasteiger partial charge in [-0.2, -0.15) is 0 Å². The maximum Gasteiger partial charge on any atom is 0.213 e. The molecule has 0 radical (unpaired) electrons. The first-order chi connectivity index (χ1) is 7.40. The molecule has 7 heteroatoms. The first kappa shape index (κ1) is 13.0. The number of hydrogen-bond donors (Lipinski definition) is 2. The van der Waals surface area contributed by atoms with Crippen LogP contribution in [0.25, 0.3) is 0 Å². The molecule has 1 rings (SSSR count). The first-order valence-electron chi connectivity index (χ1n) is 4.39. The van der Waals surface area contributed by atoms with Crippen LogP contribution < -0.4 is 10.9 Å². The van der Waals surface area contributed by atoms with Gasteiger partial charge >= 0.3 is 0 Å². The average Bonchev–Trinajstić information content (AvgIpc) is 2.15. The predicted molar refractivity (Wildman–Crippen MR) is 65.3 cm³/mol. The van der Waals surface area contributed by atoms with E-state index in [0.717, 1.165) is 0 Å². The van der Waals surface area contributed by atoms with Gasteiger partial charge in [0, 0.05) is 0 Å². The lowest BCUT2D eigenvalue weighted by molar-refractivity contribution is 0.597. The van der Waals surface area contributed by atoms with Crippen LogP contribution in [0, 0.1) is 0 Å². The smallest absolute Gasteiger partial charge is 0.213 e. The largest absolute Gasteiger partial charge is 0.386 e. The van der Waals surface area contributed by atoms with Crippen molar-refractivity contribution in [3.63, 3.8) is 0 Å². The Bertz CT molecular complexity index is 499. The van der Waals surface area contributed by atoms with Gasteiger partial charge in [0.15, 0.2) is 0 Å². The molecule has 5 nitrogen and oxygen atoms in total. The van der Waals surface area contributed by atoms with Gasteiger partial charge in [0.1, 0.15) is 5.84 Å². The number of nitrogens with two attached hydrogens (primary N) is 2. The average molecular weight is 262 g/mol. The Labute approximate surface area is 99.2 Å². The van der Waals surface area contributed by atoms with Crippen molar-refractivity contribution in [2.75, 3.05) is 5.88 Å². The Hall–Kier alpha value is -1.11. The molecule has 0 aromatic heterocycles. The molecule has 0 heterocycles. The summed E-state index contributed by atoms with van der Waals surface area (Å²) in [5, 5.41) is 4.94. The highest BCUT2D eigenvalue weighted by atomic mass is 35.5. The van der Waals surface area contributed by atoms with Gasteiger partial charge < -0.3 is 5.73 Å². The van der Waals surface area contributed by atoms with Crippen molar-refractivity contribution in [2.45, 2.75) is 5.75 Å². The van der Waals surface area contributed by atoms with E-state index in [0.29, 0.717) is 11.3 Å². The Morgan fingerprint density at radius 1 is 1.44 bits per heavy atom. The molecule has 1 aromatic rings. The fourth-order valence-electron chi connectivity index (χ4n) is 1.14. The van der Waals surface area contributed by atoms with Crippen molar-refractivity contribution in [1.29, 1.82) is 0 Å². The highest BCUT2D eigenvalue weighted by Gasteiger charge is 2.05. The van der Waals surface area contributed by atoms with Crippen LogP contribution in [0.3, 0.4) is 0 Å². The van der Waals surface area contributed by atoms with Crippen LogP contribution in [-0.4, -0.2) is 20.1 Å². The summed E-state index contributed by atoms with van der Waals surface area (Å²) in [6, 6.07) is 6.64. The van der Waals surface area contributed by atoms with E-state index < -0.39 is 10.0 Å². The monoisotopic (exact) mass is 261 g/mol. The zero-order valence-electron chi connectivity index (χ0n) is 8.43. The lowest BCUT2D eigenvalue weighted by Crippen LogP contribution is -2.14. The van der Waals surface area contributed by atoms with Gasteiger partial charge in [-0.25, -0.2) is 18.5 Å². The minimum atomic E-state index is -3.53. The molecule has 88 valence electrons. The zero-order chi connectivity index (χ0) is 12.2. The van der Waals surface area contributed by atoms with Crippen molar-refractivity contribution < 1.29 is 8.42 Å². The van der Waals surface area contributed by atoms with E-state index in [9.17, 15) is 8.42 Å². The second kappa shape index (κ2) is 5.29. The Morgan fingerprint density at radius 2 is 2.12 bits per heavy atom. The van der Waals surface area contributed by atoms with Crippen molar-refractivity contribution in [2.24, 2.45) is 15.9 Å². The molecule has 4 N–H and O–H groups in total. The van der Waals surface area contributed by atoms with E-state index in [-0.39, 0.29) is 17.5 Å². The molecule has 0 atom stereocenters. The predicted octanol–water partition coefficient (Wildman–Crippen LogP) is 0.703. The van der Waals surface area contributed by atoms with Gasteiger partial charge in [-0.3, -0.25) is 0 Å². The molecule has 0 bridgehead atoms. The van der Waals surface area contributed by atoms with Crippen LogP contribution in [0.5, 0.6) is 0 Å². The third-order valence-electron chi connectivity index (χ3n) is 1.69. The molecule has 0 saturated carbocycles. The van der Waals surface area contributed by atoms with Gasteiger partial charge in [-0.15, -0.1) is 11.6 Å². The highest BCUT2D eigenvalue weighted by Crippen LogP contribution is 2.15. The third kappa shape index (κ3) is 4.61. The van der Waals surface area contributed by atoms with Crippen LogP contribution in [0.2, 0.25) is 0 Å². The van der Waals surface area contributed by atoms with Crippen LogP contribution in [0.1, 0.15) is 5.56 Å². The van der Waals surface area contributed by atoms with E-state index in [1.165, 1.54) is 0 Å².